The molecule has 0 bridgehead atoms. The van der Waals surface area contributed by atoms with E-state index in [9.17, 15) is 32.7 Å². The van der Waals surface area contributed by atoms with Crippen LogP contribution in [0.5, 0.6) is 5.75 Å². The second-order valence-electron chi connectivity index (χ2n) is 13.3. The minimum Gasteiger partial charge on any atom is -0.504 e. The van der Waals surface area contributed by atoms with Crippen molar-refractivity contribution in [2.45, 2.75) is 82.2 Å². The molecule has 8 rings (SSSR count). The normalized spacial score (nSPS) is 23.3. The van der Waals surface area contributed by atoms with Crippen molar-refractivity contribution in [3.8, 4) is 5.75 Å². The molecule has 3 fully saturated rings. The first-order valence-electron chi connectivity index (χ1n) is 16.1. The van der Waals surface area contributed by atoms with Gasteiger partial charge in [-0.25, -0.2) is 9.97 Å². The molecule has 3 aromatic heterocycles. The van der Waals surface area contributed by atoms with Gasteiger partial charge in [-0.3, -0.25) is 14.4 Å². The third-order valence-corrected chi connectivity index (χ3v) is 10.5. The lowest BCUT2D eigenvalue weighted by molar-refractivity contribution is -0.137. The van der Waals surface area contributed by atoms with Gasteiger partial charge >= 0.3 is 6.18 Å². The highest BCUT2D eigenvalue weighted by Gasteiger charge is 2.49. The first-order chi connectivity index (χ1) is 23.3. The van der Waals surface area contributed by atoms with Crippen LogP contribution in [-0.2, 0) is 11.0 Å². The van der Waals surface area contributed by atoms with E-state index >= 15 is 0 Å². The highest BCUT2D eigenvalue weighted by atomic mass is 35.5. The number of hydrogen-bond donors (Lipinski definition) is 2. The number of nitrogens with one attached hydrogen (secondary N) is 1. The van der Waals surface area contributed by atoms with E-state index in [1.807, 2.05) is 11.8 Å². The summed E-state index contributed by atoms with van der Waals surface area (Å²) in [6, 6.07) is 1.48. The minimum atomic E-state index is -4.60. The van der Waals surface area contributed by atoms with E-state index in [2.05, 4.69) is 25.5 Å². The van der Waals surface area contributed by atoms with Gasteiger partial charge in [-0.05, 0) is 57.2 Å². The zero-order valence-electron chi connectivity index (χ0n) is 26.4. The summed E-state index contributed by atoms with van der Waals surface area (Å²) in [6.45, 7) is 4.09. The number of pyridine rings is 1. The van der Waals surface area contributed by atoms with Gasteiger partial charge in [-0.1, -0.05) is 18.5 Å². The number of aromatic nitrogens is 6. The van der Waals surface area contributed by atoms with Gasteiger partial charge in [0.05, 0.1) is 39.7 Å². The number of piperazine rings is 1. The molecule has 5 heterocycles. The molecule has 4 atom stereocenters. The van der Waals surface area contributed by atoms with Crippen molar-refractivity contribution in [1.29, 1.82) is 0 Å². The quantitative estimate of drug-likeness (QED) is 0.305. The Kier molecular flexibility index (Phi) is 7.18. The van der Waals surface area contributed by atoms with Gasteiger partial charge in [-0.2, -0.15) is 18.0 Å². The number of nitrogens with zero attached hydrogens (tertiary/aromatic N) is 8. The van der Waals surface area contributed by atoms with Gasteiger partial charge in [-0.15, -0.1) is 10.2 Å². The molecule has 2 saturated carbocycles. The van der Waals surface area contributed by atoms with Gasteiger partial charge in [0, 0.05) is 25.0 Å². The number of fused-ring (bicyclic) bond motifs is 4. The molecule has 4 aromatic rings. The minimum absolute atomic E-state index is 0.0305. The summed E-state index contributed by atoms with van der Waals surface area (Å²) in [4.78, 5) is 55.1. The van der Waals surface area contributed by atoms with Crippen molar-refractivity contribution >= 4 is 46.0 Å². The summed E-state index contributed by atoms with van der Waals surface area (Å²) in [5.41, 5.74) is 0.447. The number of amides is 2. The second kappa shape index (κ2) is 11.1. The van der Waals surface area contributed by atoms with E-state index in [0.717, 1.165) is 31.0 Å². The average Bonchev–Trinajstić information content (AvgIpc) is 3.70. The number of carbonyl (C=O) groups is 2. The van der Waals surface area contributed by atoms with E-state index < -0.39 is 29.6 Å². The van der Waals surface area contributed by atoms with E-state index in [0.29, 0.717) is 42.9 Å². The van der Waals surface area contributed by atoms with Crippen LogP contribution in [0.1, 0.15) is 84.5 Å². The molecule has 13 nitrogen and oxygen atoms in total. The summed E-state index contributed by atoms with van der Waals surface area (Å²) in [7, 11) is 0. The number of aromatic hydroxyl groups is 1. The molecule has 1 aromatic carbocycles. The second-order valence-corrected chi connectivity index (χ2v) is 13.7. The monoisotopic (exact) mass is 697 g/mol. The molecule has 1 saturated heterocycles. The molecule has 2 aliphatic carbocycles. The van der Waals surface area contributed by atoms with Gasteiger partial charge in [0.25, 0.3) is 5.91 Å². The predicted molar refractivity (Wildman–Crippen MR) is 171 cm³/mol. The van der Waals surface area contributed by atoms with Crippen LogP contribution in [0.2, 0.25) is 5.02 Å². The van der Waals surface area contributed by atoms with Crippen LogP contribution in [0.4, 0.5) is 24.5 Å². The van der Waals surface area contributed by atoms with E-state index in [1.54, 1.807) is 16.4 Å². The van der Waals surface area contributed by atoms with Crippen LogP contribution in [0.15, 0.2) is 29.3 Å². The number of carbonyl (C=O) groups excluding carboxylic acids is 2. The van der Waals surface area contributed by atoms with Crippen LogP contribution in [0.3, 0.4) is 0 Å². The highest BCUT2D eigenvalue weighted by molar-refractivity contribution is 6.33. The fourth-order valence-corrected chi connectivity index (χ4v) is 7.65. The molecular formula is C32H31ClF3N9O4. The number of anilines is 2. The molecule has 0 unspecified atom stereocenters. The maximum absolute atomic E-state index is 14.4. The van der Waals surface area contributed by atoms with Crippen molar-refractivity contribution in [2.24, 2.45) is 0 Å². The van der Waals surface area contributed by atoms with Crippen LogP contribution < -0.4 is 15.6 Å². The Bertz CT molecular complexity index is 2110. The summed E-state index contributed by atoms with van der Waals surface area (Å²) in [5.74, 6) is -1.46. The lowest BCUT2D eigenvalue weighted by Gasteiger charge is -2.54. The first-order valence-corrected chi connectivity index (χ1v) is 16.5. The maximum atomic E-state index is 14.4. The predicted octanol–water partition coefficient (Wildman–Crippen LogP) is 4.58. The topological polar surface area (TPSA) is 151 Å². The van der Waals surface area contributed by atoms with Gasteiger partial charge < -0.3 is 24.8 Å². The summed E-state index contributed by atoms with van der Waals surface area (Å²) in [5, 5.41) is 22.2. The van der Waals surface area contributed by atoms with Crippen LogP contribution >= 0.6 is 11.6 Å². The number of rotatable bonds is 5. The SMILES string of the molecule is Cc1ncnc(C(=O)N2CCN(c3c4n(c5nn(C6CC6)nc5c3=O)[C@H](C(=O)Nc3ccc(C(F)(F)F)cc3Cl)C[C@H]4C)[C@H]3CC[C@@H]32)c1O. The molecule has 17 heteroatoms. The third-order valence-electron chi connectivity index (χ3n) is 10.2. The molecule has 0 spiro atoms. The molecule has 2 amide bonds. The van der Waals surface area contributed by atoms with Crippen LogP contribution in [0, 0.1) is 6.92 Å². The Morgan fingerprint density at radius 2 is 1.82 bits per heavy atom. The van der Waals surface area contributed by atoms with E-state index in [4.69, 9.17) is 11.6 Å². The van der Waals surface area contributed by atoms with E-state index in [-0.39, 0.29) is 69.3 Å². The Labute approximate surface area is 281 Å². The number of benzene rings is 1. The maximum Gasteiger partial charge on any atom is 0.416 e. The van der Waals surface area contributed by atoms with Crippen molar-refractivity contribution in [2.75, 3.05) is 23.3 Å². The Balaban J connectivity index is 1.17. The zero-order chi connectivity index (χ0) is 34.5. The average molecular weight is 698 g/mol. The standard InChI is InChI=1S/C32H31ClF3N9O4/c1-14-11-22(30(48)39-19-6-3-16(12-18(19)33)32(34,35)36)44-25(14)26(28(47)23-29(44)41-45(40-23)17-4-5-17)42-9-10-43(21-8-7-20(21)42)31(49)24-27(46)15(2)37-13-38-24/h3,6,12-14,17,20-22,46H,4-5,7-11H2,1-2H3,(H,39,48)/t14-,20+,21+,22+/m1/s1. The summed E-state index contributed by atoms with van der Waals surface area (Å²) in [6.07, 6.45) is 0.0681. The molecule has 2 aliphatic heterocycles. The Morgan fingerprint density at radius 3 is 2.49 bits per heavy atom. The Morgan fingerprint density at radius 1 is 1.06 bits per heavy atom. The Hall–Kier alpha value is -4.73. The van der Waals surface area contributed by atoms with Gasteiger partial charge in [0.2, 0.25) is 11.3 Å². The lowest BCUT2D eigenvalue weighted by atomic mass is 9.81. The lowest BCUT2D eigenvalue weighted by Crippen LogP contribution is -2.67. The number of hydrogen-bond acceptors (Lipinski definition) is 9. The fraction of sp³-hybridized carbons (Fsp3) is 0.469. The van der Waals surface area contributed by atoms with Crippen LogP contribution in [0.25, 0.3) is 11.2 Å². The smallest absolute Gasteiger partial charge is 0.416 e. The molecular weight excluding hydrogens is 667 g/mol. The van der Waals surface area contributed by atoms with Crippen molar-refractivity contribution in [3.05, 3.63) is 62.4 Å². The number of alkyl halides is 3. The zero-order valence-corrected chi connectivity index (χ0v) is 27.2. The molecule has 256 valence electrons. The van der Waals surface area contributed by atoms with Gasteiger partial charge in [0.15, 0.2) is 22.6 Å². The van der Waals surface area contributed by atoms with Gasteiger partial charge in [0.1, 0.15) is 18.1 Å². The third kappa shape index (κ3) is 5.01. The highest BCUT2D eigenvalue weighted by Crippen LogP contribution is 2.46. The largest absolute Gasteiger partial charge is 0.504 e. The first kappa shape index (κ1) is 31.5. The molecule has 0 radical (unpaired) electrons. The molecule has 2 N–H and O–H groups in total. The number of aryl methyl sites for hydroxylation is 1. The van der Waals surface area contributed by atoms with Crippen molar-refractivity contribution in [3.63, 3.8) is 0 Å². The number of halogens is 4. The van der Waals surface area contributed by atoms with E-state index in [1.165, 1.54) is 11.1 Å². The fourth-order valence-electron chi connectivity index (χ4n) is 7.43. The molecule has 49 heavy (non-hydrogen) atoms. The summed E-state index contributed by atoms with van der Waals surface area (Å²) >= 11 is 6.18. The van der Waals surface area contributed by atoms with Crippen molar-refractivity contribution in [1.82, 2.24) is 34.4 Å². The van der Waals surface area contributed by atoms with Crippen LogP contribution in [-0.4, -0.2) is 76.5 Å². The summed E-state index contributed by atoms with van der Waals surface area (Å²) < 4.78 is 41.5. The van der Waals surface area contributed by atoms with Crippen molar-refractivity contribution < 1.29 is 27.9 Å². The molecule has 4 aliphatic rings.